The standard InChI is InChI=1S/C16H9Br9/c17-12-9-5-4-8-11(12)13(18,10-6-2-1-3-7-10)14(19,20)15(21,22)16(23,24)25/h1-9H. The largest absolute Gasteiger partial charge is 0.162 e. The van der Waals surface area contributed by atoms with Gasteiger partial charge in [0.25, 0.3) is 0 Å². The smallest absolute Gasteiger partial charge is 0.0722 e. The summed E-state index contributed by atoms with van der Waals surface area (Å²) in [5, 5.41) is 0. The third kappa shape index (κ3) is 4.44. The van der Waals surface area contributed by atoms with Crippen molar-refractivity contribution in [1.82, 2.24) is 0 Å². The van der Waals surface area contributed by atoms with E-state index in [0.717, 1.165) is 15.6 Å². The van der Waals surface area contributed by atoms with Gasteiger partial charge in [-0.1, -0.05) is 192 Å². The monoisotopic (exact) mass is 911 g/mol. The second kappa shape index (κ2) is 8.86. The van der Waals surface area contributed by atoms with Gasteiger partial charge in [0.1, 0.15) is 10.8 Å². The molecule has 0 aliphatic heterocycles. The first-order chi connectivity index (χ1) is 11.4. The van der Waals surface area contributed by atoms with Gasteiger partial charge in [-0.25, -0.2) is 0 Å². The first kappa shape index (κ1) is 24.0. The fraction of sp³-hybridized carbons (Fsp3) is 0.250. The van der Waals surface area contributed by atoms with Crippen molar-refractivity contribution in [3.63, 3.8) is 0 Å². The van der Waals surface area contributed by atoms with Crippen molar-refractivity contribution in [3.8, 4) is 0 Å². The Balaban J connectivity index is 2.84. The van der Waals surface area contributed by atoms with Crippen LogP contribution in [0.5, 0.6) is 0 Å². The second-order valence-electron chi connectivity index (χ2n) is 5.15. The van der Waals surface area contributed by atoms with Gasteiger partial charge < -0.3 is 0 Å². The Hall–Kier alpha value is 2.76. The highest BCUT2D eigenvalue weighted by Crippen LogP contribution is 2.70. The van der Waals surface area contributed by atoms with Crippen LogP contribution in [0.4, 0.5) is 0 Å². The molecule has 1 unspecified atom stereocenters. The van der Waals surface area contributed by atoms with E-state index >= 15 is 0 Å². The lowest BCUT2D eigenvalue weighted by atomic mass is 9.87. The molecule has 2 aromatic carbocycles. The van der Waals surface area contributed by atoms with Crippen LogP contribution in [-0.4, -0.2) is 8.61 Å². The Kier molecular flexibility index (Phi) is 8.52. The summed E-state index contributed by atoms with van der Waals surface area (Å²) in [4.78, 5) is 0. The van der Waals surface area contributed by atoms with Crippen molar-refractivity contribution in [2.45, 2.75) is 12.9 Å². The number of rotatable bonds is 4. The minimum atomic E-state index is -0.762. The summed E-state index contributed by atoms with van der Waals surface area (Å²) in [7, 11) is 0. The number of hydrogen-bond acceptors (Lipinski definition) is 0. The van der Waals surface area contributed by atoms with E-state index in [9.17, 15) is 0 Å². The molecule has 0 radical (unpaired) electrons. The van der Waals surface area contributed by atoms with E-state index in [4.69, 9.17) is 0 Å². The van der Waals surface area contributed by atoms with Gasteiger partial charge in [0.05, 0.1) is 0 Å². The minimum absolute atomic E-state index is 0.672. The van der Waals surface area contributed by atoms with Gasteiger partial charge in [-0.3, -0.25) is 0 Å². The van der Waals surface area contributed by atoms with E-state index in [1.54, 1.807) is 0 Å². The predicted octanol–water partition coefficient (Wildman–Crippen LogP) is 9.90. The normalized spacial score (nSPS) is 15.7. The van der Waals surface area contributed by atoms with Crippen LogP contribution in [-0.2, 0) is 4.32 Å². The SMILES string of the molecule is Brc1ccccc1C(Br)(c1ccccc1)C(Br)(Br)C(Br)(Br)C(Br)(Br)Br. The summed E-state index contributed by atoms with van der Waals surface area (Å²) in [5.74, 6) is 0. The van der Waals surface area contributed by atoms with Gasteiger partial charge in [0, 0.05) is 4.47 Å². The molecule has 2 rings (SSSR count). The third-order valence-electron chi connectivity index (χ3n) is 3.60. The first-order valence-corrected chi connectivity index (χ1v) is 13.8. The molecule has 0 saturated heterocycles. The van der Waals surface area contributed by atoms with Crippen molar-refractivity contribution >= 4 is 143 Å². The number of alkyl halides is 8. The molecule has 0 aromatic heterocycles. The van der Waals surface area contributed by atoms with Crippen LogP contribution in [0.25, 0.3) is 0 Å². The lowest BCUT2D eigenvalue weighted by Crippen LogP contribution is -2.55. The Morgan fingerprint density at radius 1 is 0.560 bits per heavy atom. The van der Waals surface area contributed by atoms with E-state index in [-0.39, 0.29) is 0 Å². The molecule has 136 valence electrons. The zero-order chi connectivity index (χ0) is 19.1. The molecule has 0 fully saturated rings. The van der Waals surface area contributed by atoms with Gasteiger partial charge in [0.15, 0.2) is 2.14 Å². The highest BCUT2D eigenvalue weighted by molar-refractivity contribution is 9.42. The lowest BCUT2D eigenvalue weighted by molar-refractivity contribution is 0.642. The molecule has 1 atom stereocenters. The van der Waals surface area contributed by atoms with Crippen molar-refractivity contribution < 1.29 is 0 Å². The minimum Gasteiger partial charge on any atom is -0.0722 e. The maximum Gasteiger partial charge on any atom is 0.162 e. The molecule has 0 aliphatic carbocycles. The number of halogens is 9. The highest BCUT2D eigenvalue weighted by atomic mass is 80.0. The fourth-order valence-electron chi connectivity index (χ4n) is 2.31. The van der Waals surface area contributed by atoms with Crippen LogP contribution in [0.2, 0.25) is 0 Å². The maximum absolute atomic E-state index is 4.06. The molecule has 0 spiro atoms. The molecule has 0 N–H and O–H groups in total. The van der Waals surface area contributed by atoms with Crippen LogP contribution in [0.1, 0.15) is 11.1 Å². The fourth-order valence-corrected chi connectivity index (χ4v) is 9.16. The number of benzene rings is 2. The first-order valence-electron chi connectivity index (χ1n) is 6.69. The van der Waals surface area contributed by atoms with Gasteiger partial charge >= 0.3 is 0 Å². The van der Waals surface area contributed by atoms with E-state index in [1.807, 2.05) is 36.4 Å². The molecular formula is C16H9Br9. The van der Waals surface area contributed by atoms with Crippen LogP contribution >= 0.6 is 143 Å². The summed E-state index contributed by atoms with van der Waals surface area (Å²) < 4.78 is -1.87. The Labute approximate surface area is 223 Å². The molecule has 0 nitrogen and oxygen atoms in total. The quantitative estimate of drug-likeness (QED) is 0.268. The van der Waals surface area contributed by atoms with Gasteiger partial charge in [-0.15, -0.1) is 0 Å². The molecule has 25 heavy (non-hydrogen) atoms. The predicted molar refractivity (Wildman–Crippen MR) is 141 cm³/mol. The summed E-state index contributed by atoms with van der Waals surface area (Å²) >= 11 is 34.2. The van der Waals surface area contributed by atoms with E-state index < -0.39 is 12.9 Å². The maximum atomic E-state index is 4.06. The average Bonchev–Trinajstić information content (AvgIpc) is 2.54. The van der Waals surface area contributed by atoms with Crippen molar-refractivity contribution in [3.05, 3.63) is 70.2 Å². The molecule has 0 aliphatic rings. The van der Waals surface area contributed by atoms with E-state index in [0.29, 0.717) is 0 Å². The van der Waals surface area contributed by atoms with Crippen LogP contribution in [0, 0.1) is 0 Å². The average molecular weight is 920 g/mol. The Bertz CT molecular complexity index is 737. The highest BCUT2D eigenvalue weighted by Gasteiger charge is 2.66. The zero-order valence-electron chi connectivity index (χ0n) is 12.1. The Morgan fingerprint density at radius 2 is 1.04 bits per heavy atom. The third-order valence-corrected chi connectivity index (χ3v) is 18.7. The molecule has 0 bridgehead atoms. The number of hydrogen-bond donors (Lipinski definition) is 0. The van der Waals surface area contributed by atoms with E-state index in [2.05, 4.69) is 162 Å². The summed E-state index contributed by atoms with van der Waals surface area (Å²) in [5.41, 5.74) is 2.12. The molecule has 2 aromatic rings. The van der Waals surface area contributed by atoms with Gasteiger partial charge in [0.2, 0.25) is 0 Å². The van der Waals surface area contributed by atoms with Gasteiger partial charge in [-0.05, 0) is 17.2 Å². The second-order valence-corrected chi connectivity index (χ2v) is 20.8. The summed E-state index contributed by atoms with van der Waals surface area (Å²) in [6.07, 6.45) is 0. The molecule has 0 heterocycles. The molecule has 9 heteroatoms. The van der Waals surface area contributed by atoms with Crippen molar-refractivity contribution in [2.75, 3.05) is 0 Å². The lowest BCUT2D eigenvalue weighted by Gasteiger charge is -2.50. The zero-order valence-corrected chi connectivity index (χ0v) is 26.4. The van der Waals surface area contributed by atoms with E-state index in [1.165, 1.54) is 0 Å². The van der Waals surface area contributed by atoms with Crippen LogP contribution in [0.3, 0.4) is 0 Å². The van der Waals surface area contributed by atoms with Crippen LogP contribution in [0.15, 0.2) is 59.1 Å². The van der Waals surface area contributed by atoms with Crippen molar-refractivity contribution in [2.24, 2.45) is 0 Å². The molecule has 0 saturated carbocycles. The van der Waals surface area contributed by atoms with Crippen LogP contribution < -0.4 is 0 Å². The Morgan fingerprint density at radius 3 is 1.52 bits per heavy atom. The summed E-state index contributed by atoms with van der Waals surface area (Å²) in [6.45, 7) is 0. The molecule has 0 amide bonds. The van der Waals surface area contributed by atoms with Gasteiger partial charge in [-0.2, -0.15) is 0 Å². The molecular weight excluding hydrogens is 911 g/mol. The summed E-state index contributed by atoms with van der Waals surface area (Å²) in [6, 6.07) is 18.3. The topological polar surface area (TPSA) is 0 Å². The van der Waals surface area contributed by atoms with Crippen molar-refractivity contribution in [1.29, 1.82) is 0 Å².